The summed E-state index contributed by atoms with van der Waals surface area (Å²) in [6.45, 7) is 2.27. The number of aryl methyl sites for hydroxylation is 1. The molecule has 0 bridgehead atoms. The van der Waals surface area contributed by atoms with Crippen LogP contribution in [0.4, 0.5) is 5.00 Å². The fraction of sp³-hybridized carbons (Fsp3) is 0.182. The first-order valence-corrected chi connectivity index (χ1v) is 10.6. The zero-order chi connectivity index (χ0) is 22.0. The number of carbonyl (C=O) groups is 1. The van der Waals surface area contributed by atoms with Gasteiger partial charge in [0, 0.05) is 5.39 Å². The van der Waals surface area contributed by atoms with Crippen LogP contribution in [0.2, 0.25) is 5.02 Å². The molecular weight excluding hydrogens is 438 g/mol. The number of hydrogen-bond acceptors (Lipinski definition) is 7. The number of nitrogens with two attached hydrogens (primary N) is 1. The van der Waals surface area contributed by atoms with Gasteiger partial charge < -0.3 is 24.9 Å². The van der Waals surface area contributed by atoms with Gasteiger partial charge in [0.1, 0.15) is 18.1 Å². The van der Waals surface area contributed by atoms with E-state index in [9.17, 15) is 4.79 Å². The lowest BCUT2D eigenvalue weighted by Gasteiger charge is -2.10. The Morgan fingerprint density at radius 1 is 1.26 bits per heavy atom. The number of nitrogens with one attached hydrogen (secondary N) is 1. The molecule has 0 saturated carbocycles. The molecule has 2 aromatic heterocycles. The van der Waals surface area contributed by atoms with Crippen molar-refractivity contribution in [3.63, 3.8) is 0 Å². The minimum absolute atomic E-state index is 0.165. The maximum atomic E-state index is 12.8. The van der Waals surface area contributed by atoms with Crippen molar-refractivity contribution in [1.29, 1.82) is 0 Å². The van der Waals surface area contributed by atoms with Crippen LogP contribution in [0.1, 0.15) is 27.6 Å². The average Bonchev–Trinajstić information content (AvgIpc) is 3.33. The third-order valence-electron chi connectivity index (χ3n) is 4.63. The molecule has 160 valence electrons. The van der Waals surface area contributed by atoms with Crippen LogP contribution >= 0.6 is 22.9 Å². The summed E-state index contributed by atoms with van der Waals surface area (Å²) >= 11 is 7.66. The summed E-state index contributed by atoms with van der Waals surface area (Å²) in [6, 6.07) is 11.0. The van der Waals surface area contributed by atoms with E-state index in [0.717, 1.165) is 16.0 Å². The third kappa shape index (κ3) is 4.45. The van der Waals surface area contributed by atoms with Gasteiger partial charge in [-0.1, -0.05) is 29.8 Å². The maximum Gasteiger partial charge on any atom is 0.255 e. The Labute approximate surface area is 187 Å². The number of halogens is 1. The molecule has 2 aromatic carbocycles. The first-order chi connectivity index (χ1) is 15.0. The molecule has 7 nitrogen and oxygen atoms in total. The molecule has 2 heterocycles. The van der Waals surface area contributed by atoms with Gasteiger partial charge in [-0.25, -0.2) is 4.98 Å². The van der Waals surface area contributed by atoms with Crippen molar-refractivity contribution in [2.75, 3.05) is 12.8 Å². The SMILES string of the molecule is COc1ccc(COc2c(Cl)ccc3c(C(=O)NCc4ncc(C)o4)c(N)sc23)cc1. The molecule has 4 aromatic rings. The molecule has 0 radical (unpaired) electrons. The van der Waals surface area contributed by atoms with Crippen molar-refractivity contribution in [2.24, 2.45) is 0 Å². The smallest absolute Gasteiger partial charge is 0.255 e. The molecule has 0 unspecified atom stereocenters. The Morgan fingerprint density at radius 2 is 2.03 bits per heavy atom. The summed E-state index contributed by atoms with van der Waals surface area (Å²) in [7, 11) is 1.62. The van der Waals surface area contributed by atoms with Crippen LogP contribution in [0.5, 0.6) is 11.5 Å². The normalized spacial score (nSPS) is 10.9. The number of benzene rings is 2. The first kappa shape index (κ1) is 21.0. The van der Waals surface area contributed by atoms with Crippen LogP contribution in [0.25, 0.3) is 10.1 Å². The minimum atomic E-state index is -0.317. The Kier molecular flexibility index (Phi) is 6.01. The molecule has 0 aliphatic rings. The molecule has 0 saturated heterocycles. The molecule has 0 spiro atoms. The van der Waals surface area contributed by atoms with Gasteiger partial charge in [-0.3, -0.25) is 4.79 Å². The molecule has 0 aliphatic carbocycles. The number of aromatic nitrogens is 1. The van der Waals surface area contributed by atoms with Gasteiger partial charge in [-0.05, 0) is 30.7 Å². The molecular formula is C22H20ClN3O4S. The van der Waals surface area contributed by atoms with E-state index >= 15 is 0 Å². The largest absolute Gasteiger partial charge is 0.497 e. The highest BCUT2D eigenvalue weighted by atomic mass is 35.5. The summed E-state index contributed by atoms with van der Waals surface area (Å²) in [4.78, 5) is 16.9. The number of nitrogens with zero attached hydrogens (tertiary/aromatic N) is 1. The van der Waals surface area contributed by atoms with E-state index in [1.54, 1.807) is 32.4 Å². The first-order valence-electron chi connectivity index (χ1n) is 9.42. The lowest BCUT2D eigenvalue weighted by Crippen LogP contribution is -2.23. The summed E-state index contributed by atoms with van der Waals surface area (Å²) in [5.74, 6) is 2.05. The van der Waals surface area contributed by atoms with E-state index in [4.69, 9.17) is 31.2 Å². The van der Waals surface area contributed by atoms with E-state index in [1.165, 1.54) is 11.3 Å². The number of fused-ring (bicyclic) bond motifs is 1. The number of amides is 1. The summed E-state index contributed by atoms with van der Waals surface area (Å²) in [5.41, 5.74) is 7.53. The Bertz CT molecular complexity index is 1230. The number of nitrogen functional groups attached to an aromatic ring is 1. The highest BCUT2D eigenvalue weighted by Crippen LogP contribution is 2.43. The number of thiophene rings is 1. The van der Waals surface area contributed by atoms with E-state index in [1.807, 2.05) is 24.3 Å². The van der Waals surface area contributed by atoms with Gasteiger partial charge in [0.05, 0.1) is 40.1 Å². The topological polar surface area (TPSA) is 99.6 Å². The van der Waals surface area contributed by atoms with Crippen molar-refractivity contribution < 1.29 is 18.7 Å². The highest BCUT2D eigenvalue weighted by molar-refractivity contribution is 7.23. The average molecular weight is 458 g/mol. The molecule has 4 rings (SSSR count). The van der Waals surface area contributed by atoms with E-state index in [0.29, 0.717) is 45.0 Å². The monoisotopic (exact) mass is 457 g/mol. The Morgan fingerprint density at radius 3 is 2.71 bits per heavy atom. The lowest BCUT2D eigenvalue weighted by molar-refractivity contribution is 0.0950. The van der Waals surface area contributed by atoms with Gasteiger partial charge in [-0.15, -0.1) is 11.3 Å². The molecule has 1 amide bonds. The third-order valence-corrected chi connectivity index (χ3v) is 5.96. The van der Waals surface area contributed by atoms with Gasteiger partial charge >= 0.3 is 0 Å². The second-order valence-electron chi connectivity index (χ2n) is 6.78. The summed E-state index contributed by atoms with van der Waals surface area (Å²) in [5, 5.41) is 4.31. The number of anilines is 1. The summed E-state index contributed by atoms with van der Waals surface area (Å²) < 4.78 is 17.3. The second-order valence-corrected chi connectivity index (χ2v) is 8.24. The number of rotatable bonds is 7. The molecule has 0 atom stereocenters. The van der Waals surface area contributed by atoms with Crippen molar-refractivity contribution in [2.45, 2.75) is 20.1 Å². The van der Waals surface area contributed by atoms with Crippen molar-refractivity contribution in [3.05, 3.63) is 70.4 Å². The van der Waals surface area contributed by atoms with E-state index < -0.39 is 0 Å². The Hall–Kier alpha value is -3.23. The number of carbonyl (C=O) groups excluding carboxylic acids is 1. The molecule has 3 N–H and O–H groups in total. The van der Waals surface area contributed by atoms with Crippen LogP contribution in [0.15, 0.2) is 47.0 Å². The minimum Gasteiger partial charge on any atom is -0.497 e. The van der Waals surface area contributed by atoms with Crippen LogP contribution in [-0.4, -0.2) is 18.0 Å². The fourth-order valence-electron chi connectivity index (χ4n) is 3.10. The van der Waals surface area contributed by atoms with Gasteiger partial charge in [0.25, 0.3) is 5.91 Å². The lowest BCUT2D eigenvalue weighted by atomic mass is 10.1. The molecule has 31 heavy (non-hydrogen) atoms. The predicted molar refractivity (Wildman–Crippen MR) is 121 cm³/mol. The second kappa shape index (κ2) is 8.87. The zero-order valence-electron chi connectivity index (χ0n) is 16.9. The van der Waals surface area contributed by atoms with Gasteiger partial charge in [0.2, 0.25) is 5.89 Å². The summed E-state index contributed by atoms with van der Waals surface area (Å²) in [6.07, 6.45) is 1.60. The molecule has 0 fully saturated rings. The number of hydrogen-bond donors (Lipinski definition) is 2. The standard InChI is InChI=1S/C22H20ClN3O4S/c1-12-9-25-17(30-12)10-26-22(27)18-15-7-8-16(23)19(20(15)31-21(18)24)29-11-13-3-5-14(28-2)6-4-13/h3-9H,10-11,24H2,1-2H3,(H,26,27). The number of methoxy groups -OCH3 is 1. The van der Waals surface area contributed by atoms with Crippen LogP contribution in [-0.2, 0) is 13.2 Å². The number of oxazole rings is 1. The van der Waals surface area contributed by atoms with E-state index in [-0.39, 0.29) is 12.5 Å². The molecule has 0 aliphatic heterocycles. The predicted octanol–water partition coefficient (Wildman–Crippen LogP) is 4.95. The van der Waals surface area contributed by atoms with E-state index in [2.05, 4.69) is 10.3 Å². The van der Waals surface area contributed by atoms with Gasteiger partial charge in [-0.2, -0.15) is 0 Å². The van der Waals surface area contributed by atoms with Gasteiger partial charge in [0.15, 0.2) is 5.75 Å². The van der Waals surface area contributed by atoms with Crippen molar-refractivity contribution in [1.82, 2.24) is 10.3 Å². The number of ether oxygens (including phenoxy) is 2. The quantitative estimate of drug-likeness (QED) is 0.407. The van der Waals surface area contributed by atoms with Crippen LogP contribution in [0.3, 0.4) is 0 Å². The maximum absolute atomic E-state index is 12.8. The molecule has 9 heteroatoms. The fourth-order valence-corrected chi connectivity index (χ4v) is 4.44. The Balaban J connectivity index is 1.57. The zero-order valence-corrected chi connectivity index (χ0v) is 18.5. The van der Waals surface area contributed by atoms with Crippen LogP contribution in [0, 0.1) is 6.92 Å². The van der Waals surface area contributed by atoms with Crippen molar-refractivity contribution in [3.8, 4) is 11.5 Å². The van der Waals surface area contributed by atoms with Crippen molar-refractivity contribution >= 4 is 43.9 Å². The van der Waals surface area contributed by atoms with Crippen LogP contribution < -0.4 is 20.5 Å². The highest BCUT2D eigenvalue weighted by Gasteiger charge is 2.21.